The molecule has 1 fully saturated rings. The number of nitrogens with zero attached hydrogens (tertiary/aromatic N) is 2. The van der Waals surface area contributed by atoms with Gasteiger partial charge in [0, 0.05) is 37.9 Å². The molecule has 0 spiro atoms. The SMILES string of the molecule is COc1cccc(C(NC(=O)N2CCNCC2)Oc2cccnc2)c1. The quantitative estimate of drug-likeness (QED) is 0.810. The van der Waals surface area contributed by atoms with E-state index in [1.165, 1.54) is 0 Å². The van der Waals surface area contributed by atoms with E-state index in [2.05, 4.69) is 15.6 Å². The Labute approximate surface area is 147 Å². The zero-order valence-corrected chi connectivity index (χ0v) is 14.1. The third kappa shape index (κ3) is 4.60. The topological polar surface area (TPSA) is 75.7 Å². The van der Waals surface area contributed by atoms with Gasteiger partial charge in [0.25, 0.3) is 0 Å². The van der Waals surface area contributed by atoms with Gasteiger partial charge in [-0.05, 0) is 24.3 Å². The molecule has 2 N–H and O–H groups in total. The molecule has 0 aliphatic carbocycles. The summed E-state index contributed by atoms with van der Waals surface area (Å²) in [6, 6.07) is 10.9. The molecule has 1 aliphatic rings. The zero-order chi connectivity index (χ0) is 17.5. The van der Waals surface area contributed by atoms with Gasteiger partial charge in [-0.1, -0.05) is 12.1 Å². The lowest BCUT2D eigenvalue weighted by atomic mass is 10.2. The minimum atomic E-state index is -0.637. The number of nitrogens with one attached hydrogen (secondary N) is 2. The van der Waals surface area contributed by atoms with Crippen molar-refractivity contribution in [1.29, 1.82) is 0 Å². The Balaban J connectivity index is 1.79. The Morgan fingerprint density at radius 3 is 2.76 bits per heavy atom. The van der Waals surface area contributed by atoms with Crippen molar-refractivity contribution in [3.63, 3.8) is 0 Å². The first-order valence-electron chi connectivity index (χ1n) is 8.23. The zero-order valence-electron chi connectivity index (χ0n) is 14.1. The number of urea groups is 1. The van der Waals surface area contributed by atoms with E-state index in [0.717, 1.165) is 18.7 Å². The molecule has 25 heavy (non-hydrogen) atoms. The molecule has 2 heterocycles. The summed E-state index contributed by atoms with van der Waals surface area (Å²) in [4.78, 5) is 18.4. The highest BCUT2D eigenvalue weighted by Gasteiger charge is 2.22. The highest BCUT2D eigenvalue weighted by Crippen LogP contribution is 2.23. The second-order valence-corrected chi connectivity index (χ2v) is 5.65. The summed E-state index contributed by atoms with van der Waals surface area (Å²) in [7, 11) is 1.61. The van der Waals surface area contributed by atoms with Gasteiger partial charge in [0.2, 0.25) is 0 Å². The van der Waals surface area contributed by atoms with Crippen LogP contribution < -0.4 is 20.1 Å². The maximum Gasteiger partial charge on any atom is 0.320 e. The number of hydrogen-bond acceptors (Lipinski definition) is 5. The van der Waals surface area contributed by atoms with Crippen molar-refractivity contribution >= 4 is 6.03 Å². The van der Waals surface area contributed by atoms with Crippen LogP contribution in [0.5, 0.6) is 11.5 Å². The molecule has 1 saturated heterocycles. The van der Waals surface area contributed by atoms with Gasteiger partial charge in [-0.25, -0.2) is 4.79 Å². The Morgan fingerprint density at radius 2 is 2.04 bits per heavy atom. The van der Waals surface area contributed by atoms with Crippen molar-refractivity contribution in [3.05, 3.63) is 54.4 Å². The van der Waals surface area contributed by atoms with E-state index < -0.39 is 6.23 Å². The third-order valence-electron chi connectivity index (χ3n) is 3.94. The first kappa shape index (κ1) is 17.0. The van der Waals surface area contributed by atoms with Crippen molar-refractivity contribution in [2.45, 2.75) is 6.23 Å². The number of benzene rings is 1. The predicted molar refractivity (Wildman–Crippen MR) is 93.6 cm³/mol. The maximum absolute atomic E-state index is 12.6. The molecule has 1 aliphatic heterocycles. The van der Waals surface area contributed by atoms with Crippen LogP contribution in [0.3, 0.4) is 0 Å². The van der Waals surface area contributed by atoms with Gasteiger partial charge in [-0.15, -0.1) is 0 Å². The van der Waals surface area contributed by atoms with Crippen molar-refractivity contribution in [3.8, 4) is 11.5 Å². The fourth-order valence-electron chi connectivity index (χ4n) is 2.61. The van der Waals surface area contributed by atoms with Gasteiger partial charge in [-0.2, -0.15) is 0 Å². The molecule has 1 aromatic heterocycles. The lowest BCUT2D eigenvalue weighted by molar-refractivity contribution is 0.139. The fraction of sp³-hybridized carbons (Fsp3) is 0.333. The summed E-state index contributed by atoms with van der Waals surface area (Å²) in [5.41, 5.74) is 0.798. The van der Waals surface area contributed by atoms with Gasteiger partial charge in [0.1, 0.15) is 11.5 Å². The molecule has 2 aromatic rings. The van der Waals surface area contributed by atoms with Gasteiger partial charge in [-0.3, -0.25) is 10.3 Å². The van der Waals surface area contributed by atoms with Gasteiger partial charge < -0.3 is 19.7 Å². The average molecular weight is 342 g/mol. The maximum atomic E-state index is 12.6. The Morgan fingerprint density at radius 1 is 1.24 bits per heavy atom. The number of pyridine rings is 1. The monoisotopic (exact) mass is 342 g/mol. The van der Waals surface area contributed by atoms with Crippen molar-refractivity contribution < 1.29 is 14.3 Å². The number of ether oxygens (including phenoxy) is 2. The lowest BCUT2D eigenvalue weighted by Crippen LogP contribution is -2.51. The summed E-state index contributed by atoms with van der Waals surface area (Å²) in [6.45, 7) is 2.93. The van der Waals surface area contributed by atoms with Crippen molar-refractivity contribution in [2.24, 2.45) is 0 Å². The van der Waals surface area contributed by atoms with Crippen LogP contribution in [0.15, 0.2) is 48.8 Å². The number of hydrogen-bond donors (Lipinski definition) is 2. The number of methoxy groups -OCH3 is 1. The second-order valence-electron chi connectivity index (χ2n) is 5.65. The predicted octanol–water partition coefficient (Wildman–Crippen LogP) is 1.78. The molecular formula is C18H22N4O3. The highest BCUT2D eigenvalue weighted by molar-refractivity contribution is 5.74. The van der Waals surface area contributed by atoms with Crippen LogP contribution in [0.2, 0.25) is 0 Å². The van der Waals surface area contributed by atoms with Crippen LogP contribution >= 0.6 is 0 Å². The Bertz CT molecular complexity index is 690. The minimum Gasteiger partial charge on any atom is -0.497 e. The molecule has 0 bridgehead atoms. The van der Waals surface area contributed by atoms with Gasteiger partial charge in [0.15, 0.2) is 6.23 Å². The van der Waals surface area contributed by atoms with Gasteiger partial charge >= 0.3 is 6.03 Å². The van der Waals surface area contributed by atoms with Crippen LogP contribution in [0.4, 0.5) is 4.79 Å². The normalized spacial score (nSPS) is 15.3. The molecule has 0 saturated carbocycles. The molecule has 1 atom stereocenters. The van der Waals surface area contributed by atoms with E-state index in [1.807, 2.05) is 24.3 Å². The summed E-state index contributed by atoms with van der Waals surface area (Å²) >= 11 is 0. The molecular weight excluding hydrogens is 320 g/mol. The standard InChI is InChI=1S/C18H22N4O3/c1-24-15-5-2-4-14(12-15)17(25-16-6-3-7-20-13-16)21-18(23)22-10-8-19-9-11-22/h2-7,12-13,17,19H,8-11H2,1H3,(H,21,23). The molecule has 0 radical (unpaired) electrons. The number of aromatic nitrogens is 1. The highest BCUT2D eigenvalue weighted by atomic mass is 16.5. The molecule has 7 nitrogen and oxygen atoms in total. The largest absolute Gasteiger partial charge is 0.497 e. The van der Waals surface area contributed by atoms with Crippen LogP contribution in [0, 0.1) is 0 Å². The summed E-state index contributed by atoms with van der Waals surface area (Å²) in [5, 5.41) is 6.19. The minimum absolute atomic E-state index is 0.154. The smallest absolute Gasteiger partial charge is 0.320 e. The second kappa shape index (κ2) is 8.34. The number of rotatable bonds is 5. The summed E-state index contributed by atoms with van der Waals surface area (Å²) in [6.07, 6.45) is 2.65. The van der Waals surface area contributed by atoms with E-state index in [0.29, 0.717) is 24.6 Å². The number of carbonyl (C=O) groups excluding carboxylic acids is 1. The van der Waals surface area contributed by atoms with E-state index >= 15 is 0 Å². The van der Waals surface area contributed by atoms with E-state index in [1.54, 1.807) is 36.5 Å². The van der Waals surface area contributed by atoms with E-state index in [-0.39, 0.29) is 6.03 Å². The number of piperazine rings is 1. The summed E-state index contributed by atoms with van der Waals surface area (Å²) in [5.74, 6) is 1.28. The molecule has 3 rings (SSSR count). The fourth-order valence-corrected chi connectivity index (χ4v) is 2.61. The van der Waals surface area contributed by atoms with Crippen LogP contribution in [-0.2, 0) is 0 Å². The van der Waals surface area contributed by atoms with Crippen LogP contribution in [0.1, 0.15) is 11.8 Å². The first-order valence-corrected chi connectivity index (χ1v) is 8.23. The number of carbonyl (C=O) groups is 1. The van der Waals surface area contributed by atoms with Crippen molar-refractivity contribution in [2.75, 3.05) is 33.3 Å². The van der Waals surface area contributed by atoms with Crippen LogP contribution in [0.25, 0.3) is 0 Å². The molecule has 2 amide bonds. The molecule has 7 heteroatoms. The third-order valence-corrected chi connectivity index (χ3v) is 3.94. The molecule has 1 unspecified atom stereocenters. The average Bonchev–Trinajstić information content (AvgIpc) is 2.69. The van der Waals surface area contributed by atoms with E-state index in [9.17, 15) is 4.79 Å². The molecule has 132 valence electrons. The van der Waals surface area contributed by atoms with E-state index in [4.69, 9.17) is 9.47 Å². The molecule has 1 aromatic carbocycles. The lowest BCUT2D eigenvalue weighted by Gasteiger charge is -2.30. The van der Waals surface area contributed by atoms with Crippen molar-refractivity contribution in [1.82, 2.24) is 20.5 Å². The van der Waals surface area contributed by atoms with Gasteiger partial charge in [0.05, 0.1) is 13.3 Å². The Hall–Kier alpha value is -2.80. The van der Waals surface area contributed by atoms with Crippen LogP contribution in [-0.4, -0.2) is 49.2 Å². The Kier molecular flexibility index (Phi) is 5.69. The summed E-state index contributed by atoms with van der Waals surface area (Å²) < 4.78 is 11.2. The first-order chi connectivity index (χ1) is 12.3. The number of amides is 2.